The first kappa shape index (κ1) is 17.4. The molecule has 2 aromatic heterocycles. The van der Waals surface area contributed by atoms with E-state index in [1.54, 1.807) is 11.3 Å². The fourth-order valence-electron chi connectivity index (χ4n) is 2.86. The minimum absolute atomic E-state index is 0.0409. The number of hydrogen-bond donors (Lipinski definition) is 1. The van der Waals surface area contributed by atoms with E-state index in [2.05, 4.69) is 31.1 Å². The molecule has 130 valence electrons. The van der Waals surface area contributed by atoms with Crippen LogP contribution in [-0.4, -0.2) is 22.0 Å². The molecular formula is C20H23N3OS. The number of aryl methyl sites for hydroxylation is 1. The maximum Gasteiger partial charge on any atom is 0.253 e. The van der Waals surface area contributed by atoms with Crippen LogP contribution in [0.25, 0.3) is 16.9 Å². The molecule has 4 nitrogen and oxygen atoms in total. The summed E-state index contributed by atoms with van der Waals surface area (Å²) in [5.41, 5.74) is 6.40. The Morgan fingerprint density at radius 3 is 2.68 bits per heavy atom. The van der Waals surface area contributed by atoms with Gasteiger partial charge in [-0.3, -0.25) is 4.79 Å². The predicted molar refractivity (Wildman–Crippen MR) is 103 cm³/mol. The molecule has 0 aliphatic carbocycles. The molecule has 0 aliphatic heterocycles. The van der Waals surface area contributed by atoms with Gasteiger partial charge in [0.05, 0.1) is 22.5 Å². The van der Waals surface area contributed by atoms with Gasteiger partial charge in [-0.1, -0.05) is 19.9 Å². The minimum Gasteiger partial charge on any atom is -0.352 e. The number of nitrogens with zero attached hydrogens (tertiary/aromatic N) is 2. The molecule has 2 heterocycles. The van der Waals surface area contributed by atoms with Crippen LogP contribution in [0.4, 0.5) is 0 Å². The summed E-state index contributed by atoms with van der Waals surface area (Å²) < 4.78 is 2.00. The summed E-state index contributed by atoms with van der Waals surface area (Å²) in [6, 6.07) is 7.84. The molecule has 1 aromatic carbocycles. The van der Waals surface area contributed by atoms with Gasteiger partial charge in [-0.25, -0.2) is 4.98 Å². The number of aromatic nitrogens is 2. The Bertz CT molecular complexity index is 836. The van der Waals surface area contributed by atoms with Crippen LogP contribution in [0.3, 0.4) is 0 Å². The van der Waals surface area contributed by atoms with Crippen LogP contribution < -0.4 is 5.32 Å². The number of thiazole rings is 1. The van der Waals surface area contributed by atoms with Gasteiger partial charge in [-0.05, 0) is 43.0 Å². The molecule has 3 aromatic rings. The summed E-state index contributed by atoms with van der Waals surface area (Å²) in [7, 11) is 0. The lowest BCUT2D eigenvalue weighted by Crippen LogP contribution is -2.26. The van der Waals surface area contributed by atoms with Crippen LogP contribution in [0.5, 0.6) is 0 Å². The first-order valence-electron chi connectivity index (χ1n) is 8.51. The molecule has 0 fully saturated rings. The molecule has 5 heteroatoms. The van der Waals surface area contributed by atoms with Gasteiger partial charge in [0.2, 0.25) is 0 Å². The monoisotopic (exact) mass is 353 g/mol. The van der Waals surface area contributed by atoms with Crippen LogP contribution in [0.15, 0.2) is 47.5 Å². The lowest BCUT2D eigenvalue weighted by Gasteiger charge is -2.17. The zero-order valence-corrected chi connectivity index (χ0v) is 15.6. The predicted octanol–water partition coefficient (Wildman–Crippen LogP) is 4.69. The van der Waals surface area contributed by atoms with Gasteiger partial charge < -0.3 is 9.88 Å². The van der Waals surface area contributed by atoms with Crippen LogP contribution in [0.1, 0.15) is 36.2 Å². The Balaban J connectivity index is 2.07. The largest absolute Gasteiger partial charge is 0.352 e. The molecule has 1 amide bonds. The van der Waals surface area contributed by atoms with Crippen molar-refractivity contribution in [3.05, 3.63) is 58.7 Å². The van der Waals surface area contributed by atoms with E-state index in [-0.39, 0.29) is 5.91 Å². The molecule has 0 spiro atoms. The van der Waals surface area contributed by atoms with Crippen LogP contribution in [0.2, 0.25) is 0 Å². The van der Waals surface area contributed by atoms with E-state index in [1.165, 1.54) is 0 Å². The van der Waals surface area contributed by atoms with Gasteiger partial charge in [-0.15, -0.1) is 11.3 Å². The number of nitrogens with one attached hydrogen (secondary N) is 1. The molecule has 3 rings (SSSR count). The quantitative estimate of drug-likeness (QED) is 0.699. The number of carbonyl (C=O) groups excluding carboxylic acids is 1. The molecular weight excluding hydrogens is 330 g/mol. The normalized spacial score (nSPS) is 11.0. The van der Waals surface area contributed by atoms with E-state index in [9.17, 15) is 4.79 Å². The lowest BCUT2D eigenvalue weighted by molar-refractivity contribution is 0.0952. The van der Waals surface area contributed by atoms with Crippen molar-refractivity contribution in [3.63, 3.8) is 0 Å². The molecule has 0 radical (unpaired) electrons. The van der Waals surface area contributed by atoms with E-state index < -0.39 is 0 Å². The second-order valence-electron chi connectivity index (χ2n) is 6.56. The third-order valence-corrected chi connectivity index (χ3v) is 4.78. The highest BCUT2D eigenvalue weighted by molar-refractivity contribution is 7.07. The lowest BCUT2D eigenvalue weighted by atomic mass is 9.98. The highest BCUT2D eigenvalue weighted by Gasteiger charge is 2.20. The Hall–Kier alpha value is -2.40. The third kappa shape index (κ3) is 3.82. The van der Waals surface area contributed by atoms with Crippen LogP contribution in [-0.2, 0) is 0 Å². The first-order valence-corrected chi connectivity index (χ1v) is 9.46. The van der Waals surface area contributed by atoms with Crippen LogP contribution >= 0.6 is 11.3 Å². The maximum atomic E-state index is 12.8. The second-order valence-corrected chi connectivity index (χ2v) is 7.27. The molecule has 0 saturated heterocycles. The molecule has 0 saturated carbocycles. The zero-order chi connectivity index (χ0) is 17.8. The highest BCUT2D eigenvalue weighted by atomic mass is 32.1. The molecule has 0 aliphatic rings. The van der Waals surface area contributed by atoms with Crippen molar-refractivity contribution in [3.8, 4) is 16.9 Å². The minimum atomic E-state index is -0.0409. The van der Waals surface area contributed by atoms with Gasteiger partial charge in [0, 0.05) is 29.9 Å². The van der Waals surface area contributed by atoms with Crippen molar-refractivity contribution in [2.45, 2.75) is 27.2 Å². The second kappa shape index (κ2) is 7.66. The van der Waals surface area contributed by atoms with Crippen molar-refractivity contribution in [1.82, 2.24) is 14.9 Å². The summed E-state index contributed by atoms with van der Waals surface area (Å²) in [6.45, 7) is 7.05. The van der Waals surface area contributed by atoms with Crippen molar-refractivity contribution in [1.29, 1.82) is 0 Å². The fraction of sp³-hybridized carbons (Fsp3) is 0.300. The third-order valence-electron chi connectivity index (χ3n) is 4.19. The molecule has 25 heavy (non-hydrogen) atoms. The number of amides is 1. The topological polar surface area (TPSA) is 46.9 Å². The van der Waals surface area contributed by atoms with Gasteiger partial charge >= 0.3 is 0 Å². The fourth-order valence-corrected chi connectivity index (χ4v) is 3.40. The average molecular weight is 353 g/mol. The van der Waals surface area contributed by atoms with Gasteiger partial charge in [-0.2, -0.15) is 0 Å². The SMILES string of the molecule is Cc1ccc(C(=O)NCCC(C)C)c(-n2cccc2)c1-c1cscn1. The van der Waals surface area contributed by atoms with Crippen molar-refractivity contribution >= 4 is 17.2 Å². The van der Waals surface area contributed by atoms with E-state index in [0.717, 1.165) is 28.9 Å². The Morgan fingerprint density at radius 2 is 2.04 bits per heavy atom. The highest BCUT2D eigenvalue weighted by Crippen LogP contribution is 2.33. The summed E-state index contributed by atoms with van der Waals surface area (Å²) in [4.78, 5) is 17.3. The Morgan fingerprint density at radius 1 is 1.28 bits per heavy atom. The first-order chi connectivity index (χ1) is 12.1. The summed E-state index contributed by atoms with van der Waals surface area (Å²) in [5.74, 6) is 0.522. The number of carbonyl (C=O) groups is 1. The molecule has 1 N–H and O–H groups in total. The Kier molecular flexibility index (Phi) is 5.34. The van der Waals surface area contributed by atoms with Gasteiger partial charge in [0.1, 0.15) is 0 Å². The van der Waals surface area contributed by atoms with Gasteiger partial charge in [0.25, 0.3) is 5.91 Å². The summed E-state index contributed by atoms with van der Waals surface area (Å²) in [5, 5.41) is 5.08. The van der Waals surface area contributed by atoms with Crippen molar-refractivity contribution in [2.75, 3.05) is 6.54 Å². The van der Waals surface area contributed by atoms with E-state index in [4.69, 9.17) is 0 Å². The van der Waals surface area contributed by atoms with E-state index in [0.29, 0.717) is 18.0 Å². The van der Waals surface area contributed by atoms with Crippen molar-refractivity contribution < 1.29 is 4.79 Å². The van der Waals surface area contributed by atoms with Crippen LogP contribution in [0, 0.1) is 12.8 Å². The summed E-state index contributed by atoms with van der Waals surface area (Å²) in [6.07, 6.45) is 4.90. The number of benzene rings is 1. The zero-order valence-electron chi connectivity index (χ0n) is 14.8. The molecule has 0 bridgehead atoms. The maximum absolute atomic E-state index is 12.8. The summed E-state index contributed by atoms with van der Waals surface area (Å²) >= 11 is 1.56. The number of hydrogen-bond acceptors (Lipinski definition) is 3. The van der Waals surface area contributed by atoms with E-state index >= 15 is 0 Å². The van der Waals surface area contributed by atoms with Crippen molar-refractivity contribution in [2.24, 2.45) is 5.92 Å². The smallest absolute Gasteiger partial charge is 0.253 e. The molecule has 0 atom stereocenters. The number of rotatable bonds is 6. The van der Waals surface area contributed by atoms with Gasteiger partial charge in [0.15, 0.2) is 0 Å². The van der Waals surface area contributed by atoms with E-state index in [1.807, 2.05) is 52.1 Å². The average Bonchev–Trinajstić information content (AvgIpc) is 3.27. The molecule has 0 unspecified atom stereocenters. The standard InChI is InChI=1S/C20H23N3OS/c1-14(2)8-9-21-20(24)16-7-6-15(3)18(17-12-25-13-22-17)19(16)23-10-4-5-11-23/h4-7,10-14H,8-9H2,1-3H3,(H,21,24). The Labute approximate surface area is 152 Å².